The lowest BCUT2D eigenvalue weighted by atomic mass is 10.2. The van der Waals surface area contributed by atoms with Crippen LogP contribution in [0.2, 0.25) is 0 Å². The van der Waals surface area contributed by atoms with Crippen LogP contribution in [0.5, 0.6) is 0 Å². The van der Waals surface area contributed by atoms with E-state index < -0.39 is 17.6 Å². The van der Waals surface area contributed by atoms with E-state index in [0.29, 0.717) is 24.5 Å². The first kappa shape index (κ1) is 31.8. The van der Waals surface area contributed by atoms with Gasteiger partial charge < -0.3 is 30.1 Å². The van der Waals surface area contributed by atoms with Gasteiger partial charge in [0, 0.05) is 51.5 Å². The van der Waals surface area contributed by atoms with Gasteiger partial charge in [-0.05, 0) is 78.4 Å². The first-order chi connectivity index (χ1) is 19.4. The van der Waals surface area contributed by atoms with Gasteiger partial charge in [-0.2, -0.15) is 0 Å². The highest BCUT2D eigenvalue weighted by atomic mass is 16.6. The van der Waals surface area contributed by atoms with E-state index in [0.717, 1.165) is 44.7 Å². The minimum atomic E-state index is -0.649. The predicted octanol–water partition coefficient (Wildman–Crippen LogP) is 4.24. The topological polar surface area (TPSA) is 119 Å². The maximum Gasteiger partial charge on any atom is 0.412 e. The number of piperazine rings is 1. The van der Waals surface area contributed by atoms with Crippen molar-refractivity contribution >= 4 is 29.4 Å². The lowest BCUT2D eigenvalue weighted by Gasteiger charge is -2.33. The molecule has 0 unspecified atom stereocenters. The average molecular weight is 568 g/mol. The molecule has 0 spiro atoms. The van der Waals surface area contributed by atoms with Crippen LogP contribution in [0.3, 0.4) is 0 Å². The van der Waals surface area contributed by atoms with Gasteiger partial charge in [0.25, 0.3) is 5.91 Å². The molecule has 4 amide bonds. The highest BCUT2D eigenvalue weighted by Crippen LogP contribution is 2.23. The van der Waals surface area contributed by atoms with Crippen LogP contribution < -0.4 is 16.0 Å². The Bertz CT molecular complexity index is 1160. The zero-order valence-electron chi connectivity index (χ0n) is 25.2. The van der Waals surface area contributed by atoms with E-state index in [1.165, 1.54) is 0 Å². The van der Waals surface area contributed by atoms with Crippen LogP contribution in [0.4, 0.5) is 21.0 Å². The van der Waals surface area contributed by atoms with E-state index in [9.17, 15) is 14.4 Å². The van der Waals surface area contributed by atoms with Gasteiger partial charge in [-0.25, -0.2) is 9.59 Å². The minimum absolute atomic E-state index is 0.0273. The number of carbonyl (C=O) groups is 3. The van der Waals surface area contributed by atoms with Crippen molar-refractivity contribution in [3.8, 4) is 0 Å². The number of carbonyl (C=O) groups excluding carboxylic acids is 3. The monoisotopic (exact) mass is 567 g/mol. The first-order valence-electron chi connectivity index (χ1n) is 14.2. The number of likely N-dealkylation sites (N-methyl/N-ethyl adjacent to an activating group) is 1. The number of aromatic nitrogens is 1. The highest BCUT2D eigenvalue weighted by molar-refractivity contribution is 6.05. The summed E-state index contributed by atoms with van der Waals surface area (Å²) in [5.41, 5.74) is 1.23. The second kappa shape index (κ2) is 14.8. The molecule has 1 aromatic carbocycles. The summed E-state index contributed by atoms with van der Waals surface area (Å²) in [6.45, 7) is 15.4. The van der Waals surface area contributed by atoms with Gasteiger partial charge in [0.2, 0.25) is 0 Å². The molecule has 11 heteroatoms. The number of urea groups is 1. The summed E-state index contributed by atoms with van der Waals surface area (Å²) >= 11 is 0. The molecule has 0 radical (unpaired) electrons. The lowest BCUT2D eigenvalue weighted by Crippen LogP contribution is -2.46. The molecule has 41 heavy (non-hydrogen) atoms. The molecule has 1 aliphatic rings. The average Bonchev–Trinajstić information content (AvgIpc) is 2.89. The van der Waals surface area contributed by atoms with Crippen LogP contribution in [0, 0.1) is 0 Å². The van der Waals surface area contributed by atoms with E-state index in [4.69, 9.17) is 4.74 Å². The summed E-state index contributed by atoms with van der Waals surface area (Å²) in [5, 5.41) is 8.46. The van der Waals surface area contributed by atoms with Crippen molar-refractivity contribution in [1.82, 2.24) is 25.0 Å². The molecular weight excluding hydrogens is 522 g/mol. The molecule has 2 heterocycles. The molecule has 0 aliphatic carbocycles. The fraction of sp³-hybridized carbons (Fsp3) is 0.533. The maximum absolute atomic E-state index is 13.0. The van der Waals surface area contributed by atoms with Crippen LogP contribution >= 0.6 is 0 Å². The molecule has 1 aliphatic heterocycles. The molecule has 1 fully saturated rings. The van der Waals surface area contributed by atoms with Crippen LogP contribution in [0.15, 0.2) is 42.6 Å². The SMILES string of the molecule is CC(C)NC(=O)N(CCCN1CCN(C)CC1)Cc1ccc(C(=O)Nc2ccccc2NC(=O)OC(C)(C)C)nc1. The number of amides is 4. The van der Waals surface area contributed by atoms with Crippen molar-refractivity contribution in [2.45, 2.75) is 59.2 Å². The van der Waals surface area contributed by atoms with Crippen LogP contribution in [0.25, 0.3) is 0 Å². The van der Waals surface area contributed by atoms with E-state index in [-0.39, 0.29) is 17.8 Å². The van der Waals surface area contributed by atoms with Crippen LogP contribution in [-0.4, -0.2) is 95.7 Å². The van der Waals surface area contributed by atoms with Crippen molar-refractivity contribution in [2.24, 2.45) is 0 Å². The number of anilines is 2. The fourth-order valence-corrected chi connectivity index (χ4v) is 4.32. The van der Waals surface area contributed by atoms with Gasteiger partial charge >= 0.3 is 12.1 Å². The van der Waals surface area contributed by atoms with Gasteiger partial charge in [-0.3, -0.25) is 15.1 Å². The van der Waals surface area contributed by atoms with E-state index >= 15 is 0 Å². The van der Waals surface area contributed by atoms with Crippen molar-refractivity contribution in [1.29, 1.82) is 0 Å². The molecule has 1 aromatic heterocycles. The molecule has 3 rings (SSSR count). The Labute approximate surface area is 243 Å². The Morgan fingerprint density at radius 2 is 1.66 bits per heavy atom. The summed E-state index contributed by atoms with van der Waals surface area (Å²) in [6, 6.07) is 10.2. The van der Waals surface area contributed by atoms with Crippen LogP contribution in [0.1, 0.15) is 57.1 Å². The molecular formula is C30H45N7O4. The summed E-state index contributed by atoms with van der Waals surface area (Å²) < 4.78 is 5.32. The minimum Gasteiger partial charge on any atom is -0.444 e. The zero-order valence-corrected chi connectivity index (χ0v) is 25.2. The van der Waals surface area contributed by atoms with Crippen molar-refractivity contribution in [3.63, 3.8) is 0 Å². The second-order valence-corrected chi connectivity index (χ2v) is 11.7. The zero-order chi connectivity index (χ0) is 30.0. The highest BCUT2D eigenvalue weighted by Gasteiger charge is 2.20. The number of nitrogens with one attached hydrogen (secondary N) is 3. The lowest BCUT2D eigenvalue weighted by molar-refractivity contribution is 0.0635. The van der Waals surface area contributed by atoms with Crippen LogP contribution in [-0.2, 0) is 11.3 Å². The van der Waals surface area contributed by atoms with Crippen molar-refractivity contribution < 1.29 is 19.1 Å². The number of benzene rings is 1. The van der Waals surface area contributed by atoms with Gasteiger partial charge in [0.15, 0.2) is 0 Å². The molecule has 3 N–H and O–H groups in total. The number of nitrogens with zero attached hydrogens (tertiary/aromatic N) is 4. The molecule has 0 saturated carbocycles. The molecule has 0 bridgehead atoms. The standard InChI is InChI=1S/C30H45N7O4/c1-22(2)32-28(39)37(15-9-14-36-18-16-35(6)17-19-36)21-23-12-13-26(31-20-23)27(38)33-24-10-7-8-11-25(24)34-29(40)41-30(3,4)5/h7-8,10-13,20,22H,9,14-19,21H2,1-6H3,(H,32,39)(H,33,38)(H,34,40). The van der Waals surface area contributed by atoms with Crippen molar-refractivity contribution in [2.75, 3.05) is 56.9 Å². The Morgan fingerprint density at radius 3 is 2.24 bits per heavy atom. The van der Waals surface area contributed by atoms with Gasteiger partial charge in [-0.1, -0.05) is 18.2 Å². The molecule has 0 atom stereocenters. The third-order valence-corrected chi connectivity index (χ3v) is 6.44. The molecule has 11 nitrogen and oxygen atoms in total. The maximum atomic E-state index is 13.0. The fourth-order valence-electron chi connectivity index (χ4n) is 4.32. The number of para-hydroxylation sites is 2. The Kier molecular flexibility index (Phi) is 11.5. The summed E-state index contributed by atoms with van der Waals surface area (Å²) in [6.07, 6.45) is 1.88. The predicted molar refractivity (Wildman–Crippen MR) is 161 cm³/mol. The smallest absolute Gasteiger partial charge is 0.412 e. The molecule has 2 aromatic rings. The molecule has 1 saturated heterocycles. The first-order valence-corrected chi connectivity index (χ1v) is 14.2. The number of hydrogen-bond donors (Lipinski definition) is 3. The number of hydrogen-bond acceptors (Lipinski definition) is 7. The van der Waals surface area contributed by atoms with E-state index in [1.54, 1.807) is 62.2 Å². The van der Waals surface area contributed by atoms with Gasteiger partial charge in [0.1, 0.15) is 11.3 Å². The number of ether oxygens (including phenoxy) is 1. The second-order valence-electron chi connectivity index (χ2n) is 11.7. The third kappa shape index (κ3) is 11.0. The third-order valence-electron chi connectivity index (χ3n) is 6.44. The van der Waals surface area contributed by atoms with Crippen molar-refractivity contribution in [3.05, 3.63) is 53.9 Å². The van der Waals surface area contributed by atoms with Gasteiger partial charge in [-0.15, -0.1) is 0 Å². The normalized spacial score (nSPS) is 14.4. The Morgan fingerprint density at radius 1 is 1.00 bits per heavy atom. The number of rotatable bonds is 10. The Hall–Kier alpha value is -3.70. The van der Waals surface area contributed by atoms with E-state index in [2.05, 4.69) is 37.8 Å². The van der Waals surface area contributed by atoms with Gasteiger partial charge in [0.05, 0.1) is 11.4 Å². The summed E-state index contributed by atoms with van der Waals surface area (Å²) in [7, 11) is 2.14. The quantitative estimate of drug-likeness (QED) is 0.393. The number of pyridine rings is 1. The Balaban J connectivity index is 1.60. The summed E-state index contributed by atoms with van der Waals surface area (Å²) in [4.78, 5) is 49.0. The molecule has 224 valence electrons. The summed E-state index contributed by atoms with van der Waals surface area (Å²) in [5.74, 6) is -0.420. The largest absolute Gasteiger partial charge is 0.444 e. The van der Waals surface area contributed by atoms with E-state index in [1.807, 2.05) is 19.9 Å².